The smallest absolute Gasteiger partial charge is 0.277 e. The molecular formula is C10H14N2O2. The van der Waals surface area contributed by atoms with E-state index in [1.54, 1.807) is 26.1 Å². The zero-order valence-corrected chi connectivity index (χ0v) is 8.57. The number of benzene rings is 1. The fourth-order valence-electron chi connectivity index (χ4n) is 1.44. The minimum atomic E-state index is -0.321. The van der Waals surface area contributed by atoms with Crippen molar-refractivity contribution in [2.75, 3.05) is 7.05 Å². The zero-order chi connectivity index (χ0) is 10.7. The lowest BCUT2D eigenvalue weighted by Crippen LogP contribution is -2.14. The summed E-state index contributed by atoms with van der Waals surface area (Å²) in [6.45, 7) is 3.66. The van der Waals surface area contributed by atoms with Gasteiger partial charge in [0.15, 0.2) is 0 Å². The zero-order valence-electron chi connectivity index (χ0n) is 8.57. The standard InChI is InChI=1S/C10H14N2O2/c1-7-5-4-6-9(8(2)11-3)10(7)12(13)14/h4-6,8,11H,1-3H3. The summed E-state index contributed by atoms with van der Waals surface area (Å²) in [5.74, 6) is 0. The lowest BCUT2D eigenvalue weighted by molar-refractivity contribution is -0.386. The largest absolute Gasteiger partial charge is 0.313 e. The normalized spacial score (nSPS) is 12.5. The van der Waals surface area contributed by atoms with Gasteiger partial charge in [-0.15, -0.1) is 0 Å². The first kappa shape index (κ1) is 10.7. The maximum atomic E-state index is 10.8. The van der Waals surface area contributed by atoms with Crippen LogP contribution in [0.4, 0.5) is 5.69 Å². The van der Waals surface area contributed by atoms with Crippen molar-refractivity contribution in [3.8, 4) is 0 Å². The molecule has 0 heterocycles. The molecule has 0 aliphatic heterocycles. The summed E-state index contributed by atoms with van der Waals surface area (Å²) in [5, 5.41) is 13.8. The van der Waals surface area contributed by atoms with Crippen molar-refractivity contribution in [3.63, 3.8) is 0 Å². The molecule has 1 aromatic rings. The van der Waals surface area contributed by atoms with Gasteiger partial charge in [-0.2, -0.15) is 0 Å². The summed E-state index contributed by atoms with van der Waals surface area (Å²) in [6.07, 6.45) is 0. The van der Waals surface area contributed by atoms with Crippen molar-refractivity contribution < 1.29 is 4.92 Å². The molecule has 0 saturated carbocycles. The second kappa shape index (κ2) is 4.19. The van der Waals surface area contributed by atoms with E-state index in [1.807, 2.05) is 13.0 Å². The van der Waals surface area contributed by atoms with Gasteiger partial charge in [-0.25, -0.2) is 0 Å². The average molecular weight is 194 g/mol. The van der Waals surface area contributed by atoms with Crippen LogP contribution in [0, 0.1) is 17.0 Å². The van der Waals surface area contributed by atoms with E-state index in [-0.39, 0.29) is 16.7 Å². The van der Waals surface area contributed by atoms with E-state index < -0.39 is 0 Å². The molecule has 0 amide bonds. The molecular weight excluding hydrogens is 180 g/mol. The lowest BCUT2D eigenvalue weighted by Gasteiger charge is -2.11. The number of hydrogen-bond acceptors (Lipinski definition) is 3. The van der Waals surface area contributed by atoms with Crippen LogP contribution in [0.2, 0.25) is 0 Å². The van der Waals surface area contributed by atoms with E-state index in [9.17, 15) is 10.1 Å². The van der Waals surface area contributed by atoms with E-state index in [0.717, 1.165) is 5.56 Å². The number of nitrogens with zero attached hydrogens (tertiary/aromatic N) is 1. The van der Waals surface area contributed by atoms with Crippen LogP contribution < -0.4 is 5.32 Å². The monoisotopic (exact) mass is 194 g/mol. The molecule has 4 nitrogen and oxygen atoms in total. The van der Waals surface area contributed by atoms with Crippen LogP contribution in [-0.4, -0.2) is 12.0 Å². The van der Waals surface area contributed by atoms with Crippen LogP contribution in [-0.2, 0) is 0 Å². The Morgan fingerprint density at radius 2 is 2.14 bits per heavy atom. The molecule has 0 saturated heterocycles. The van der Waals surface area contributed by atoms with Gasteiger partial charge in [-0.3, -0.25) is 10.1 Å². The number of rotatable bonds is 3. The Hall–Kier alpha value is -1.42. The van der Waals surface area contributed by atoms with Gasteiger partial charge in [0.25, 0.3) is 5.69 Å². The Labute approximate surface area is 83.1 Å². The molecule has 0 fully saturated rings. The summed E-state index contributed by atoms with van der Waals surface area (Å²) in [5.41, 5.74) is 1.65. The molecule has 0 spiro atoms. The van der Waals surface area contributed by atoms with Gasteiger partial charge in [0, 0.05) is 17.2 Å². The average Bonchev–Trinajstić information content (AvgIpc) is 2.15. The third kappa shape index (κ3) is 1.90. The van der Waals surface area contributed by atoms with Crippen molar-refractivity contribution in [1.82, 2.24) is 5.32 Å². The molecule has 4 heteroatoms. The van der Waals surface area contributed by atoms with Gasteiger partial charge in [-0.05, 0) is 20.9 Å². The minimum absolute atomic E-state index is 0.00435. The lowest BCUT2D eigenvalue weighted by atomic mass is 10.0. The summed E-state index contributed by atoms with van der Waals surface area (Å²) in [7, 11) is 1.79. The van der Waals surface area contributed by atoms with Gasteiger partial charge >= 0.3 is 0 Å². The molecule has 0 aromatic heterocycles. The number of aryl methyl sites for hydroxylation is 1. The highest BCUT2D eigenvalue weighted by molar-refractivity contribution is 5.48. The van der Waals surface area contributed by atoms with Gasteiger partial charge in [-0.1, -0.05) is 18.2 Å². The molecule has 14 heavy (non-hydrogen) atoms. The molecule has 0 aliphatic carbocycles. The molecule has 1 N–H and O–H groups in total. The van der Waals surface area contributed by atoms with E-state index in [4.69, 9.17) is 0 Å². The maximum absolute atomic E-state index is 10.8. The fourth-order valence-corrected chi connectivity index (χ4v) is 1.44. The Morgan fingerprint density at radius 3 is 2.64 bits per heavy atom. The van der Waals surface area contributed by atoms with Crippen LogP contribution in [0.25, 0.3) is 0 Å². The molecule has 0 bridgehead atoms. The Balaban J connectivity index is 3.28. The first-order valence-corrected chi connectivity index (χ1v) is 4.49. The van der Waals surface area contributed by atoms with Crippen LogP contribution in [0.3, 0.4) is 0 Å². The number of nitrogens with one attached hydrogen (secondary N) is 1. The Morgan fingerprint density at radius 1 is 1.50 bits per heavy atom. The number of para-hydroxylation sites is 1. The highest BCUT2D eigenvalue weighted by atomic mass is 16.6. The highest BCUT2D eigenvalue weighted by Crippen LogP contribution is 2.27. The third-order valence-electron chi connectivity index (χ3n) is 2.35. The SMILES string of the molecule is CNC(C)c1cccc(C)c1[N+](=O)[O-]. The van der Waals surface area contributed by atoms with Gasteiger partial charge in [0.2, 0.25) is 0 Å². The summed E-state index contributed by atoms with van der Waals surface area (Å²) < 4.78 is 0. The first-order valence-electron chi connectivity index (χ1n) is 4.49. The van der Waals surface area contributed by atoms with E-state index in [0.29, 0.717) is 5.56 Å². The number of nitro groups is 1. The Bertz CT molecular complexity index is 350. The van der Waals surface area contributed by atoms with Gasteiger partial charge in [0.05, 0.1) is 4.92 Å². The minimum Gasteiger partial charge on any atom is -0.313 e. The van der Waals surface area contributed by atoms with Crippen molar-refractivity contribution >= 4 is 5.69 Å². The molecule has 0 radical (unpaired) electrons. The van der Waals surface area contributed by atoms with Gasteiger partial charge < -0.3 is 5.32 Å². The molecule has 76 valence electrons. The number of nitro benzene ring substituents is 1. The molecule has 1 aromatic carbocycles. The van der Waals surface area contributed by atoms with E-state index in [1.165, 1.54) is 0 Å². The van der Waals surface area contributed by atoms with Crippen molar-refractivity contribution in [1.29, 1.82) is 0 Å². The first-order chi connectivity index (χ1) is 6.57. The molecule has 1 rings (SSSR count). The van der Waals surface area contributed by atoms with Crippen LogP contribution in [0.5, 0.6) is 0 Å². The summed E-state index contributed by atoms with van der Waals surface area (Å²) in [4.78, 5) is 10.5. The molecule has 1 unspecified atom stereocenters. The third-order valence-corrected chi connectivity index (χ3v) is 2.35. The summed E-state index contributed by atoms with van der Waals surface area (Å²) >= 11 is 0. The fraction of sp³-hybridized carbons (Fsp3) is 0.400. The van der Waals surface area contributed by atoms with Crippen LogP contribution in [0.15, 0.2) is 18.2 Å². The topological polar surface area (TPSA) is 55.2 Å². The van der Waals surface area contributed by atoms with Crippen molar-refractivity contribution in [3.05, 3.63) is 39.4 Å². The predicted octanol–water partition coefficient (Wildman–Crippen LogP) is 2.18. The quantitative estimate of drug-likeness (QED) is 0.592. The van der Waals surface area contributed by atoms with Crippen molar-refractivity contribution in [2.24, 2.45) is 0 Å². The second-order valence-corrected chi connectivity index (χ2v) is 3.28. The second-order valence-electron chi connectivity index (χ2n) is 3.28. The highest BCUT2D eigenvalue weighted by Gasteiger charge is 2.19. The molecule has 0 aliphatic rings. The van der Waals surface area contributed by atoms with Crippen LogP contribution in [0.1, 0.15) is 24.1 Å². The van der Waals surface area contributed by atoms with Gasteiger partial charge in [0.1, 0.15) is 0 Å². The van der Waals surface area contributed by atoms with Crippen LogP contribution >= 0.6 is 0 Å². The predicted molar refractivity (Wildman–Crippen MR) is 55.3 cm³/mol. The van der Waals surface area contributed by atoms with E-state index in [2.05, 4.69) is 5.32 Å². The maximum Gasteiger partial charge on any atom is 0.277 e. The Kier molecular flexibility index (Phi) is 3.19. The number of hydrogen-bond donors (Lipinski definition) is 1. The van der Waals surface area contributed by atoms with Crippen molar-refractivity contribution in [2.45, 2.75) is 19.9 Å². The molecule has 1 atom stereocenters. The summed E-state index contributed by atoms with van der Waals surface area (Å²) in [6, 6.07) is 5.37. The van der Waals surface area contributed by atoms with E-state index >= 15 is 0 Å².